The number of hydrogen-bond acceptors (Lipinski definition) is 0. The second-order valence-corrected chi connectivity index (χ2v) is 7.29. The Labute approximate surface area is 120 Å². The molecule has 1 aromatic heterocycles. The predicted octanol–water partition coefficient (Wildman–Crippen LogP) is 3.23. The predicted molar refractivity (Wildman–Crippen MR) is 78.2 cm³/mol. The standard InChI is InChI=1S/C18H21N2/c1-17-9-3-4-10-18(17,2)15-8-11-19-12-13-6-5-7-14(17)16(13)20(15)19/h5-8,11H,3-4,9-10,12H2,1-2H3/q+1. The van der Waals surface area contributed by atoms with Crippen LogP contribution in [-0.2, 0) is 17.4 Å². The van der Waals surface area contributed by atoms with Crippen molar-refractivity contribution in [2.45, 2.75) is 56.9 Å². The van der Waals surface area contributed by atoms with Crippen LogP contribution in [-0.4, -0.2) is 4.68 Å². The Morgan fingerprint density at radius 2 is 1.85 bits per heavy atom. The molecule has 0 saturated heterocycles. The normalized spacial score (nSPS) is 32.9. The zero-order valence-corrected chi connectivity index (χ0v) is 12.3. The minimum atomic E-state index is 0.284. The van der Waals surface area contributed by atoms with Crippen LogP contribution in [0.25, 0.3) is 5.69 Å². The lowest BCUT2D eigenvalue weighted by molar-refractivity contribution is -0.752. The summed E-state index contributed by atoms with van der Waals surface area (Å²) in [6, 6.07) is 9.34. The maximum Gasteiger partial charge on any atom is 0.200 e. The van der Waals surface area contributed by atoms with Crippen LogP contribution in [0.1, 0.15) is 56.4 Å². The number of hydrogen-bond donors (Lipinski definition) is 0. The first-order valence-corrected chi connectivity index (χ1v) is 7.90. The highest BCUT2D eigenvalue weighted by Crippen LogP contribution is 2.58. The molecule has 3 aliphatic rings. The van der Waals surface area contributed by atoms with Gasteiger partial charge < -0.3 is 0 Å². The van der Waals surface area contributed by atoms with Gasteiger partial charge in [0.1, 0.15) is 5.69 Å². The third-order valence-electron chi connectivity index (χ3n) is 6.53. The molecule has 2 atom stereocenters. The number of aromatic nitrogens is 2. The van der Waals surface area contributed by atoms with Gasteiger partial charge in [-0.3, -0.25) is 0 Å². The van der Waals surface area contributed by atoms with Crippen molar-refractivity contribution in [3.63, 3.8) is 0 Å². The molecule has 5 rings (SSSR count). The molecule has 3 heterocycles. The summed E-state index contributed by atoms with van der Waals surface area (Å²) in [5.41, 5.74) is 6.71. The highest BCUT2D eigenvalue weighted by atomic mass is 15.4. The molecule has 0 amide bonds. The molecule has 0 bridgehead atoms. The molecule has 2 unspecified atom stereocenters. The van der Waals surface area contributed by atoms with E-state index in [4.69, 9.17) is 0 Å². The van der Waals surface area contributed by atoms with Crippen LogP contribution in [0, 0.1) is 0 Å². The quantitative estimate of drug-likeness (QED) is 0.552. The van der Waals surface area contributed by atoms with Crippen LogP contribution in [0.3, 0.4) is 0 Å². The Bertz CT molecular complexity index is 742. The van der Waals surface area contributed by atoms with E-state index in [9.17, 15) is 0 Å². The van der Waals surface area contributed by atoms with E-state index in [2.05, 4.69) is 53.7 Å². The van der Waals surface area contributed by atoms with Gasteiger partial charge in [-0.1, -0.05) is 44.9 Å². The van der Waals surface area contributed by atoms with Crippen molar-refractivity contribution in [3.05, 3.63) is 47.3 Å². The van der Waals surface area contributed by atoms with E-state index in [1.165, 1.54) is 42.6 Å². The Kier molecular flexibility index (Phi) is 1.77. The number of nitrogens with zero attached hydrogens (tertiary/aromatic N) is 2. The lowest BCUT2D eigenvalue weighted by atomic mass is 9.52. The Hall–Kier alpha value is -1.57. The van der Waals surface area contributed by atoms with Gasteiger partial charge in [0.25, 0.3) is 0 Å². The van der Waals surface area contributed by atoms with E-state index >= 15 is 0 Å². The summed E-state index contributed by atoms with van der Waals surface area (Å²) >= 11 is 0. The molecule has 1 fully saturated rings. The van der Waals surface area contributed by atoms with Gasteiger partial charge in [-0.15, -0.1) is 9.36 Å². The maximum absolute atomic E-state index is 2.51. The first-order valence-electron chi connectivity index (χ1n) is 7.90. The molecule has 0 N–H and O–H groups in total. The molecule has 20 heavy (non-hydrogen) atoms. The summed E-state index contributed by atoms with van der Waals surface area (Å²) in [6.07, 6.45) is 7.66. The van der Waals surface area contributed by atoms with Crippen LogP contribution in [0.2, 0.25) is 0 Å². The molecular formula is C18H21N2+. The molecule has 2 nitrogen and oxygen atoms in total. The molecule has 1 saturated carbocycles. The number of rotatable bonds is 0. The minimum Gasteiger partial charge on any atom is -0.124 e. The van der Waals surface area contributed by atoms with Gasteiger partial charge in [0, 0.05) is 22.5 Å². The summed E-state index contributed by atoms with van der Waals surface area (Å²) in [5.74, 6) is 0. The van der Waals surface area contributed by atoms with E-state index in [1.807, 2.05) is 0 Å². The first kappa shape index (κ1) is 11.1. The van der Waals surface area contributed by atoms with E-state index in [-0.39, 0.29) is 5.41 Å². The van der Waals surface area contributed by atoms with Crippen LogP contribution in [0.15, 0.2) is 30.5 Å². The van der Waals surface area contributed by atoms with Gasteiger partial charge in [0.05, 0.1) is 5.69 Å². The van der Waals surface area contributed by atoms with E-state index < -0.39 is 0 Å². The van der Waals surface area contributed by atoms with Crippen LogP contribution in [0.4, 0.5) is 0 Å². The van der Waals surface area contributed by atoms with Crippen molar-refractivity contribution in [2.75, 3.05) is 0 Å². The van der Waals surface area contributed by atoms with E-state index in [0.717, 1.165) is 6.54 Å². The third kappa shape index (κ3) is 0.972. The van der Waals surface area contributed by atoms with Crippen molar-refractivity contribution in [1.82, 2.24) is 4.68 Å². The van der Waals surface area contributed by atoms with Crippen LogP contribution in [0.5, 0.6) is 0 Å². The third-order valence-corrected chi connectivity index (χ3v) is 6.53. The highest BCUT2D eigenvalue weighted by molar-refractivity contribution is 5.58. The Morgan fingerprint density at radius 1 is 1.05 bits per heavy atom. The fourth-order valence-corrected chi connectivity index (χ4v) is 5.16. The largest absolute Gasteiger partial charge is 0.200 e. The smallest absolute Gasteiger partial charge is 0.124 e. The average molecular weight is 265 g/mol. The maximum atomic E-state index is 2.51. The number of fused-ring (bicyclic) bond motifs is 3. The molecule has 0 radical (unpaired) electrons. The minimum absolute atomic E-state index is 0.284. The van der Waals surface area contributed by atoms with Gasteiger partial charge >= 0.3 is 0 Å². The fourth-order valence-electron chi connectivity index (χ4n) is 5.16. The molecule has 2 heteroatoms. The molecule has 0 spiro atoms. The second kappa shape index (κ2) is 3.19. The van der Waals surface area contributed by atoms with Gasteiger partial charge in [-0.2, -0.15) is 0 Å². The SMILES string of the molecule is CC12CCCCC1(C)c1cc[n+]3n1-c1c(cccc12)C3. The summed E-state index contributed by atoms with van der Waals surface area (Å²) in [5, 5.41) is 0. The van der Waals surface area contributed by atoms with Gasteiger partial charge in [-0.25, -0.2) is 0 Å². The first-order chi connectivity index (χ1) is 9.65. The van der Waals surface area contributed by atoms with Crippen molar-refractivity contribution in [1.29, 1.82) is 0 Å². The summed E-state index contributed by atoms with van der Waals surface area (Å²) in [7, 11) is 0. The molecular weight excluding hydrogens is 244 g/mol. The molecule has 2 aliphatic heterocycles. The van der Waals surface area contributed by atoms with Crippen molar-refractivity contribution in [2.24, 2.45) is 0 Å². The van der Waals surface area contributed by atoms with Crippen molar-refractivity contribution < 1.29 is 4.68 Å². The van der Waals surface area contributed by atoms with E-state index in [0.29, 0.717) is 5.41 Å². The molecule has 102 valence electrons. The molecule has 2 aromatic rings. The van der Waals surface area contributed by atoms with E-state index in [1.54, 1.807) is 5.56 Å². The highest BCUT2D eigenvalue weighted by Gasteiger charge is 2.57. The van der Waals surface area contributed by atoms with Crippen molar-refractivity contribution in [3.8, 4) is 5.69 Å². The molecule has 1 aliphatic carbocycles. The van der Waals surface area contributed by atoms with Crippen molar-refractivity contribution >= 4 is 0 Å². The second-order valence-electron chi connectivity index (χ2n) is 7.29. The zero-order valence-electron chi connectivity index (χ0n) is 12.3. The summed E-state index contributed by atoms with van der Waals surface area (Å²) in [6.45, 7) is 6.06. The van der Waals surface area contributed by atoms with Crippen LogP contribution >= 0.6 is 0 Å². The lowest BCUT2D eigenvalue weighted by Gasteiger charge is -2.52. The topological polar surface area (TPSA) is 8.81 Å². The summed E-state index contributed by atoms with van der Waals surface area (Å²) in [4.78, 5) is 0. The average Bonchev–Trinajstić information content (AvgIpc) is 2.99. The van der Waals surface area contributed by atoms with Gasteiger partial charge in [-0.05, 0) is 18.4 Å². The van der Waals surface area contributed by atoms with Gasteiger partial charge in [0.15, 0.2) is 12.7 Å². The summed E-state index contributed by atoms with van der Waals surface area (Å²) < 4.78 is 4.90. The lowest BCUT2D eigenvalue weighted by Crippen LogP contribution is -2.53. The number of benzene rings is 1. The monoisotopic (exact) mass is 265 g/mol. The van der Waals surface area contributed by atoms with Crippen LogP contribution < -0.4 is 4.68 Å². The Morgan fingerprint density at radius 3 is 2.70 bits per heavy atom. The van der Waals surface area contributed by atoms with Gasteiger partial charge in [0.2, 0.25) is 0 Å². The Balaban J connectivity index is 1.95. The molecule has 1 aromatic carbocycles. The number of para-hydroxylation sites is 1. The zero-order chi connectivity index (χ0) is 13.5. The fraction of sp³-hybridized carbons (Fsp3) is 0.500.